The standard InChI is InChI=1S/C23H16N2O4/c1-29-23(28)16-7-5-15(6-8-16)17-4-2-3-14(9-17)10-18-11-20(26)21-19(22(18)27)12-24-13-25-21/h2-9,11-13H,10H2,1H3. The van der Waals surface area contributed by atoms with Crippen LogP contribution in [-0.2, 0) is 11.2 Å². The summed E-state index contributed by atoms with van der Waals surface area (Å²) in [5.41, 5.74) is 4.04. The van der Waals surface area contributed by atoms with E-state index in [0.717, 1.165) is 16.7 Å². The number of carbonyl (C=O) groups is 3. The smallest absolute Gasteiger partial charge is 0.337 e. The van der Waals surface area contributed by atoms with E-state index >= 15 is 0 Å². The van der Waals surface area contributed by atoms with Gasteiger partial charge in [0, 0.05) is 18.2 Å². The lowest BCUT2D eigenvalue weighted by Gasteiger charge is -2.14. The summed E-state index contributed by atoms with van der Waals surface area (Å²) in [7, 11) is 1.34. The number of rotatable bonds is 4. The van der Waals surface area contributed by atoms with E-state index in [4.69, 9.17) is 4.74 Å². The van der Waals surface area contributed by atoms with Gasteiger partial charge in [0.2, 0.25) is 5.78 Å². The van der Waals surface area contributed by atoms with Crippen molar-refractivity contribution in [3.05, 3.63) is 95.1 Å². The zero-order chi connectivity index (χ0) is 20.4. The molecule has 1 heterocycles. The van der Waals surface area contributed by atoms with E-state index in [-0.39, 0.29) is 28.8 Å². The molecule has 0 saturated heterocycles. The highest BCUT2D eigenvalue weighted by Gasteiger charge is 2.26. The number of aromatic nitrogens is 2. The summed E-state index contributed by atoms with van der Waals surface area (Å²) < 4.78 is 4.72. The maximum absolute atomic E-state index is 12.7. The summed E-state index contributed by atoms with van der Waals surface area (Å²) >= 11 is 0. The molecule has 0 aliphatic heterocycles. The number of esters is 1. The molecule has 3 aromatic rings. The Morgan fingerprint density at radius 3 is 2.59 bits per heavy atom. The van der Waals surface area contributed by atoms with Crippen LogP contribution in [0, 0.1) is 0 Å². The molecule has 0 unspecified atom stereocenters. The second-order valence-corrected chi connectivity index (χ2v) is 6.59. The molecule has 0 atom stereocenters. The van der Waals surface area contributed by atoms with E-state index in [9.17, 15) is 14.4 Å². The fraction of sp³-hybridized carbons (Fsp3) is 0.0870. The Morgan fingerprint density at radius 1 is 1.03 bits per heavy atom. The van der Waals surface area contributed by atoms with E-state index in [0.29, 0.717) is 17.6 Å². The SMILES string of the molecule is COC(=O)c1ccc(-c2cccc(CC3=CC(=O)c4ncncc4C3=O)c2)cc1. The first-order valence-electron chi connectivity index (χ1n) is 8.94. The van der Waals surface area contributed by atoms with Crippen LogP contribution in [0.2, 0.25) is 0 Å². The molecule has 4 rings (SSSR count). The Morgan fingerprint density at radius 2 is 1.83 bits per heavy atom. The van der Waals surface area contributed by atoms with Gasteiger partial charge in [-0.05, 0) is 34.9 Å². The quantitative estimate of drug-likeness (QED) is 0.640. The van der Waals surface area contributed by atoms with Crippen LogP contribution in [0.5, 0.6) is 0 Å². The van der Waals surface area contributed by atoms with Gasteiger partial charge in [-0.2, -0.15) is 0 Å². The number of nitrogens with zero attached hydrogens (tertiary/aromatic N) is 2. The first-order chi connectivity index (χ1) is 14.1. The molecule has 142 valence electrons. The summed E-state index contributed by atoms with van der Waals surface area (Å²) in [5.74, 6) is -0.901. The molecule has 0 saturated carbocycles. The summed E-state index contributed by atoms with van der Waals surface area (Å²) in [6, 6.07) is 14.8. The molecule has 0 N–H and O–H groups in total. The van der Waals surface area contributed by atoms with Gasteiger partial charge in [-0.15, -0.1) is 0 Å². The van der Waals surface area contributed by atoms with Crippen LogP contribution in [0.1, 0.15) is 36.8 Å². The molecule has 29 heavy (non-hydrogen) atoms. The zero-order valence-corrected chi connectivity index (χ0v) is 15.6. The summed E-state index contributed by atoms with van der Waals surface area (Å²) in [4.78, 5) is 44.3. The molecule has 6 heteroatoms. The third-order valence-corrected chi connectivity index (χ3v) is 4.75. The van der Waals surface area contributed by atoms with Crippen LogP contribution in [0.15, 0.2) is 72.7 Å². The van der Waals surface area contributed by atoms with Crippen molar-refractivity contribution in [2.45, 2.75) is 6.42 Å². The molecular weight excluding hydrogens is 368 g/mol. The lowest BCUT2D eigenvalue weighted by atomic mass is 9.89. The topological polar surface area (TPSA) is 86.2 Å². The molecule has 0 fully saturated rings. The third-order valence-electron chi connectivity index (χ3n) is 4.75. The Kier molecular flexibility index (Phi) is 4.83. The van der Waals surface area contributed by atoms with Gasteiger partial charge in [0.1, 0.15) is 12.0 Å². The molecule has 1 aliphatic rings. The zero-order valence-electron chi connectivity index (χ0n) is 15.6. The molecule has 0 radical (unpaired) electrons. The second-order valence-electron chi connectivity index (χ2n) is 6.59. The van der Waals surface area contributed by atoms with E-state index in [2.05, 4.69) is 9.97 Å². The first kappa shape index (κ1) is 18.4. The van der Waals surface area contributed by atoms with Gasteiger partial charge in [-0.25, -0.2) is 14.8 Å². The Hall–Kier alpha value is -3.93. The minimum atomic E-state index is -0.387. The van der Waals surface area contributed by atoms with Crippen LogP contribution in [0.25, 0.3) is 11.1 Å². The van der Waals surface area contributed by atoms with Crippen molar-refractivity contribution in [2.75, 3.05) is 7.11 Å². The molecule has 0 spiro atoms. The predicted molar refractivity (Wildman–Crippen MR) is 106 cm³/mol. The number of ether oxygens (including phenoxy) is 1. The largest absolute Gasteiger partial charge is 0.465 e. The van der Waals surface area contributed by atoms with Crippen LogP contribution < -0.4 is 0 Å². The molecule has 0 bridgehead atoms. The predicted octanol–water partition coefficient (Wildman–Crippen LogP) is 3.48. The van der Waals surface area contributed by atoms with Crippen LogP contribution in [-0.4, -0.2) is 34.6 Å². The molecule has 1 aromatic heterocycles. The van der Waals surface area contributed by atoms with Crippen molar-refractivity contribution >= 4 is 17.5 Å². The Balaban J connectivity index is 1.59. The van der Waals surface area contributed by atoms with Gasteiger partial charge in [-0.1, -0.05) is 36.4 Å². The number of methoxy groups -OCH3 is 1. The maximum atomic E-state index is 12.7. The summed E-state index contributed by atoms with van der Waals surface area (Å²) in [6.07, 6.45) is 4.33. The van der Waals surface area contributed by atoms with Crippen LogP contribution in [0.4, 0.5) is 0 Å². The fourth-order valence-electron chi connectivity index (χ4n) is 3.29. The highest BCUT2D eigenvalue weighted by molar-refractivity contribution is 6.23. The minimum absolute atomic E-state index is 0.146. The third kappa shape index (κ3) is 3.60. The molecule has 6 nitrogen and oxygen atoms in total. The van der Waals surface area contributed by atoms with Gasteiger partial charge in [0.05, 0.1) is 18.2 Å². The second kappa shape index (κ2) is 7.59. The fourth-order valence-corrected chi connectivity index (χ4v) is 3.29. The number of ketones is 2. The highest BCUT2D eigenvalue weighted by Crippen LogP contribution is 2.25. The van der Waals surface area contributed by atoms with Gasteiger partial charge < -0.3 is 4.74 Å². The lowest BCUT2D eigenvalue weighted by Crippen LogP contribution is -2.20. The van der Waals surface area contributed by atoms with Crippen molar-refractivity contribution in [3.63, 3.8) is 0 Å². The van der Waals surface area contributed by atoms with E-state index in [1.54, 1.807) is 12.1 Å². The van der Waals surface area contributed by atoms with Gasteiger partial charge in [0.25, 0.3) is 0 Å². The number of carbonyl (C=O) groups excluding carboxylic acids is 3. The van der Waals surface area contributed by atoms with Crippen molar-refractivity contribution in [3.8, 4) is 11.1 Å². The lowest BCUT2D eigenvalue weighted by molar-refractivity contribution is 0.0600. The van der Waals surface area contributed by atoms with E-state index < -0.39 is 0 Å². The number of fused-ring (bicyclic) bond motifs is 1. The van der Waals surface area contributed by atoms with Crippen molar-refractivity contribution in [1.29, 1.82) is 0 Å². The summed E-state index contributed by atoms with van der Waals surface area (Å²) in [5, 5.41) is 0. The molecule has 1 aliphatic carbocycles. The van der Waals surface area contributed by atoms with E-state index in [1.807, 2.05) is 36.4 Å². The number of hydrogen-bond acceptors (Lipinski definition) is 6. The Labute approximate surface area is 166 Å². The monoisotopic (exact) mass is 384 g/mol. The van der Waals surface area contributed by atoms with Crippen LogP contribution >= 0.6 is 0 Å². The number of hydrogen-bond donors (Lipinski definition) is 0. The number of Topliss-reactive ketones (excluding diaryl/α,β-unsaturated/α-hetero) is 1. The van der Waals surface area contributed by atoms with Gasteiger partial charge in [-0.3, -0.25) is 9.59 Å². The first-order valence-corrected chi connectivity index (χ1v) is 8.94. The molecular formula is C23H16N2O4. The average molecular weight is 384 g/mol. The number of allylic oxidation sites excluding steroid dienone is 2. The average Bonchev–Trinajstić information content (AvgIpc) is 2.77. The molecule has 2 aromatic carbocycles. The highest BCUT2D eigenvalue weighted by atomic mass is 16.5. The van der Waals surface area contributed by atoms with Crippen LogP contribution in [0.3, 0.4) is 0 Å². The minimum Gasteiger partial charge on any atom is -0.465 e. The normalized spacial score (nSPS) is 12.9. The van der Waals surface area contributed by atoms with Crippen molar-refractivity contribution < 1.29 is 19.1 Å². The van der Waals surface area contributed by atoms with Gasteiger partial charge in [0.15, 0.2) is 5.78 Å². The van der Waals surface area contributed by atoms with Gasteiger partial charge >= 0.3 is 5.97 Å². The Bertz CT molecular complexity index is 1160. The van der Waals surface area contributed by atoms with E-state index in [1.165, 1.54) is 25.7 Å². The van der Waals surface area contributed by atoms with Crippen molar-refractivity contribution in [1.82, 2.24) is 9.97 Å². The maximum Gasteiger partial charge on any atom is 0.337 e. The molecule has 0 amide bonds. The number of benzene rings is 2. The summed E-state index contributed by atoms with van der Waals surface area (Å²) in [6.45, 7) is 0. The van der Waals surface area contributed by atoms with Crippen molar-refractivity contribution in [2.24, 2.45) is 0 Å².